The van der Waals surface area contributed by atoms with Crippen molar-refractivity contribution in [3.63, 3.8) is 0 Å². The summed E-state index contributed by atoms with van der Waals surface area (Å²) in [7, 11) is 0. The van der Waals surface area contributed by atoms with E-state index >= 15 is 0 Å². The molecule has 2 N–H and O–H groups in total. The van der Waals surface area contributed by atoms with Crippen molar-refractivity contribution in [2.24, 2.45) is 5.73 Å². The summed E-state index contributed by atoms with van der Waals surface area (Å²) >= 11 is 4.34. The minimum atomic E-state index is -4.39. The molecule has 102 valence electrons. The first-order chi connectivity index (χ1) is 8.88. The third kappa shape index (κ3) is 3.55. The summed E-state index contributed by atoms with van der Waals surface area (Å²) in [6.07, 6.45) is -2.32. The molecular weight excluding hydrogens is 341 g/mol. The van der Waals surface area contributed by atoms with Gasteiger partial charge in [-0.15, -0.1) is 11.3 Å². The van der Waals surface area contributed by atoms with E-state index in [0.29, 0.717) is 12.0 Å². The van der Waals surface area contributed by atoms with E-state index in [4.69, 9.17) is 5.73 Å². The molecule has 0 aliphatic carbocycles. The largest absolute Gasteiger partial charge is 0.417 e. The van der Waals surface area contributed by atoms with E-state index in [1.807, 2.05) is 5.38 Å². The number of hydrogen-bond acceptors (Lipinski definition) is 3. The zero-order chi connectivity index (χ0) is 14.0. The first-order valence-electron chi connectivity index (χ1n) is 5.38. The lowest BCUT2D eigenvalue weighted by Gasteiger charge is -2.15. The van der Waals surface area contributed by atoms with Crippen LogP contribution in [0.25, 0.3) is 0 Å². The Kier molecular flexibility index (Phi) is 4.27. The molecule has 2 aromatic rings. The van der Waals surface area contributed by atoms with Crippen molar-refractivity contribution < 1.29 is 13.2 Å². The van der Waals surface area contributed by atoms with Crippen molar-refractivity contribution >= 4 is 27.3 Å². The summed E-state index contributed by atoms with van der Waals surface area (Å²) in [6.45, 7) is 0. The maximum atomic E-state index is 12.8. The summed E-state index contributed by atoms with van der Waals surface area (Å²) in [4.78, 5) is 4.08. The topological polar surface area (TPSA) is 38.9 Å². The first-order valence-corrected chi connectivity index (χ1v) is 7.06. The standard InChI is InChI=1S/C12H10BrF3N2S/c13-9-2-1-7(5-8(9)12(14,15)16)10(17)6-11-18-3-4-19-11/h1-5,10H,6,17H2. The minimum Gasteiger partial charge on any atom is -0.324 e. The maximum Gasteiger partial charge on any atom is 0.417 e. The molecule has 1 aromatic heterocycles. The molecule has 1 atom stereocenters. The van der Waals surface area contributed by atoms with Crippen LogP contribution in [-0.2, 0) is 12.6 Å². The van der Waals surface area contributed by atoms with E-state index in [1.54, 1.807) is 12.3 Å². The van der Waals surface area contributed by atoms with Gasteiger partial charge in [0.05, 0.1) is 10.6 Å². The molecular formula is C12H10BrF3N2S. The Morgan fingerprint density at radius 3 is 2.68 bits per heavy atom. The highest BCUT2D eigenvalue weighted by molar-refractivity contribution is 9.10. The molecule has 7 heteroatoms. The minimum absolute atomic E-state index is 0.0187. The molecule has 0 radical (unpaired) electrons. The summed E-state index contributed by atoms with van der Waals surface area (Å²) in [5.74, 6) is 0. The third-order valence-corrected chi connectivity index (χ3v) is 4.10. The van der Waals surface area contributed by atoms with Crippen LogP contribution in [0.4, 0.5) is 13.2 Å². The van der Waals surface area contributed by atoms with E-state index in [1.165, 1.54) is 17.4 Å². The van der Waals surface area contributed by atoms with Crippen molar-refractivity contribution in [1.82, 2.24) is 4.98 Å². The molecule has 1 heterocycles. The highest BCUT2D eigenvalue weighted by Gasteiger charge is 2.33. The van der Waals surface area contributed by atoms with Gasteiger partial charge in [-0.3, -0.25) is 0 Å². The fraction of sp³-hybridized carbons (Fsp3) is 0.250. The molecule has 0 spiro atoms. The van der Waals surface area contributed by atoms with Crippen LogP contribution in [0.15, 0.2) is 34.2 Å². The van der Waals surface area contributed by atoms with Gasteiger partial charge in [0, 0.05) is 28.5 Å². The lowest BCUT2D eigenvalue weighted by Crippen LogP contribution is -2.15. The lowest BCUT2D eigenvalue weighted by atomic mass is 10.0. The van der Waals surface area contributed by atoms with Gasteiger partial charge in [-0.05, 0) is 17.7 Å². The molecule has 0 aliphatic heterocycles. The molecule has 1 unspecified atom stereocenters. The quantitative estimate of drug-likeness (QED) is 0.902. The summed E-state index contributed by atoms with van der Waals surface area (Å²) in [5.41, 5.74) is 5.67. The molecule has 2 nitrogen and oxygen atoms in total. The second-order valence-corrected chi connectivity index (χ2v) is 5.81. The normalized spacial score (nSPS) is 13.5. The molecule has 19 heavy (non-hydrogen) atoms. The van der Waals surface area contributed by atoms with Crippen LogP contribution < -0.4 is 5.73 Å². The van der Waals surface area contributed by atoms with Gasteiger partial charge in [-0.1, -0.05) is 22.0 Å². The van der Waals surface area contributed by atoms with Crippen LogP contribution in [0.5, 0.6) is 0 Å². The van der Waals surface area contributed by atoms with Crippen molar-refractivity contribution in [2.75, 3.05) is 0 Å². The molecule has 0 saturated carbocycles. The SMILES string of the molecule is NC(Cc1nccs1)c1ccc(Br)c(C(F)(F)F)c1. The number of aromatic nitrogens is 1. The molecule has 0 aliphatic rings. The Balaban J connectivity index is 2.25. The van der Waals surface area contributed by atoms with Gasteiger partial charge < -0.3 is 5.73 Å². The Labute approximate surface area is 120 Å². The van der Waals surface area contributed by atoms with Crippen molar-refractivity contribution in [1.29, 1.82) is 0 Å². The Bertz CT molecular complexity index is 555. The van der Waals surface area contributed by atoms with E-state index in [9.17, 15) is 13.2 Å². The molecule has 1 aromatic carbocycles. The van der Waals surface area contributed by atoms with Gasteiger partial charge >= 0.3 is 6.18 Å². The Morgan fingerprint density at radius 2 is 2.11 bits per heavy atom. The average Bonchev–Trinajstić information content (AvgIpc) is 2.80. The zero-order valence-corrected chi connectivity index (χ0v) is 12.0. The third-order valence-electron chi connectivity index (χ3n) is 2.60. The monoisotopic (exact) mass is 350 g/mol. The summed E-state index contributed by atoms with van der Waals surface area (Å²) in [6, 6.07) is 3.56. The van der Waals surface area contributed by atoms with E-state index < -0.39 is 17.8 Å². The van der Waals surface area contributed by atoms with E-state index in [2.05, 4.69) is 20.9 Å². The average molecular weight is 351 g/mol. The van der Waals surface area contributed by atoms with Gasteiger partial charge in [0.1, 0.15) is 0 Å². The molecule has 0 fully saturated rings. The van der Waals surface area contributed by atoms with Crippen molar-refractivity contribution in [3.05, 3.63) is 50.4 Å². The summed E-state index contributed by atoms with van der Waals surface area (Å²) < 4.78 is 38.4. The van der Waals surface area contributed by atoms with Crippen molar-refractivity contribution in [3.8, 4) is 0 Å². The number of hydrogen-bond donors (Lipinski definition) is 1. The van der Waals surface area contributed by atoms with Gasteiger partial charge in [0.2, 0.25) is 0 Å². The number of rotatable bonds is 3. The van der Waals surface area contributed by atoms with E-state index in [-0.39, 0.29) is 4.47 Å². The van der Waals surface area contributed by atoms with Gasteiger partial charge in [-0.2, -0.15) is 13.2 Å². The van der Waals surface area contributed by atoms with Crippen LogP contribution in [0.3, 0.4) is 0 Å². The first kappa shape index (κ1) is 14.5. The number of nitrogens with zero attached hydrogens (tertiary/aromatic N) is 1. The lowest BCUT2D eigenvalue weighted by molar-refractivity contribution is -0.138. The van der Waals surface area contributed by atoms with Crippen LogP contribution in [0.2, 0.25) is 0 Å². The van der Waals surface area contributed by atoms with Gasteiger partial charge in [-0.25, -0.2) is 4.98 Å². The Morgan fingerprint density at radius 1 is 1.37 bits per heavy atom. The predicted octanol–water partition coefficient (Wildman–Crippen LogP) is 4.17. The van der Waals surface area contributed by atoms with Crippen molar-refractivity contribution in [2.45, 2.75) is 18.6 Å². The molecule has 0 bridgehead atoms. The zero-order valence-electron chi connectivity index (χ0n) is 9.62. The van der Waals surface area contributed by atoms with E-state index in [0.717, 1.165) is 11.1 Å². The highest BCUT2D eigenvalue weighted by Crippen LogP contribution is 2.36. The highest BCUT2D eigenvalue weighted by atomic mass is 79.9. The predicted molar refractivity (Wildman–Crippen MR) is 71.9 cm³/mol. The Hall–Kier alpha value is -0.920. The number of benzene rings is 1. The van der Waals surface area contributed by atoms with Crippen LogP contribution in [0, 0.1) is 0 Å². The number of halogens is 4. The second kappa shape index (κ2) is 5.60. The van der Waals surface area contributed by atoms with Crippen LogP contribution in [-0.4, -0.2) is 4.98 Å². The maximum absolute atomic E-state index is 12.8. The fourth-order valence-corrected chi connectivity index (χ4v) is 2.80. The van der Waals surface area contributed by atoms with Crippen LogP contribution >= 0.6 is 27.3 Å². The molecule has 2 rings (SSSR count). The summed E-state index contributed by atoms with van der Waals surface area (Å²) in [5, 5.41) is 2.62. The smallest absolute Gasteiger partial charge is 0.324 e. The van der Waals surface area contributed by atoms with Gasteiger partial charge in [0.15, 0.2) is 0 Å². The number of nitrogens with two attached hydrogens (primary N) is 1. The number of alkyl halides is 3. The van der Waals surface area contributed by atoms with Gasteiger partial charge in [0.25, 0.3) is 0 Å². The number of thiazole rings is 1. The van der Waals surface area contributed by atoms with Crippen LogP contribution in [0.1, 0.15) is 22.2 Å². The molecule has 0 amide bonds. The fourth-order valence-electron chi connectivity index (χ4n) is 1.65. The second-order valence-electron chi connectivity index (χ2n) is 3.97. The molecule has 0 saturated heterocycles.